The van der Waals surface area contributed by atoms with Crippen molar-refractivity contribution in [1.29, 1.82) is 0 Å². The van der Waals surface area contributed by atoms with E-state index in [4.69, 9.17) is 9.84 Å². The van der Waals surface area contributed by atoms with E-state index in [1.807, 2.05) is 0 Å². The van der Waals surface area contributed by atoms with Crippen molar-refractivity contribution in [2.45, 2.75) is 32.5 Å². The number of alkyl halides is 2. The van der Waals surface area contributed by atoms with Gasteiger partial charge in [0.2, 0.25) is 12.1 Å². The summed E-state index contributed by atoms with van der Waals surface area (Å²) in [6.07, 6.45) is -3.43. The van der Waals surface area contributed by atoms with Gasteiger partial charge >= 0.3 is 5.97 Å². The van der Waals surface area contributed by atoms with Gasteiger partial charge < -0.3 is 15.2 Å². The summed E-state index contributed by atoms with van der Waals surface area (Å²) < 4.78 is 31.8. The molecule has 2 aromatic rings. The number of hydrogen-bond donors (Lipinski definition) is 2. The Labute approximate surface area is 178 Å². The monoisotopic (exact) mass is 431 g/mol. The van der Waals surface area contributed by atoms with Crippen molar-refractivity contribution >= 4 is 17.6 Å². The van der Waals surface area contributed by atoms with Gasteiger partial charge in [0.15, 0.2) is 0 Å². The Balaban J connectivity index is 1.74. The topological polar surface area (TPSA) is 91.2 Å². The molecule has 1 heterocycles. The lowest BCUT2D eigenvalue weighted by molar-refractivity contribution is -0.127. The van der Waals surface area contributed by atoms with Gasteiger partial charge in [0, 0.05) is 12.6 Å². The number of hydrogen-bond acceptors (Lipinski definition) is 5. The first-order valence-corrected chi connectivity index (χ1v) is 9.63. The van der Waals surface area contributed by atoms with Crippen LogP contribution in [0.1, 0.15) is 47.8 Å². The molecular weight excluding hydrogens is 408 g/mol. The average molecular weight is 431 g/mol. The Hall–Kier alpha value is -3.49. The average Bonchev–Trinajstić information content (AvgIpc) is 3.01. The number of carbonyl (C=O) groups is 2. The molecule has 164 valence electrons. The Morgan fingerprint density at radius 3 is 2.45 bits per heavy atom. The standard InChI is InChI=1S/C22H23F2N3O4/c1-12(14-7-9-15(10-8-14)22(29)30)25-20(28)18-13(2)26-27(3)21(18)31-17-6-4-5-16(11-17)19(23)24/h4-12,18-19,21H,1-3H3,(H,25,28)(H,29,30)/t12-,18?,21?/m0/s1. The predicted molar refractivity (Wildman–Crippen MR) is 110 cm³/mol. The number of carboxylic acid groups (broad SMARTS) is 1. The summed E-state index contributed by atoms with van der Waals surface area (Å²) in [7, 11) is 1.65. The fraction of sp³-hybridized carbons (Fsp3) is 0.318. The third kappa shape index (κ3) is 4.99. The molecule has 3 atom stereocenters. The van der Waals surface area contributed by atoms with Crippen LogP contribution in [-0.2, 0) is 4.79 Å². The number of aromatic carboxylic acids is 1. The van der Waals surface area contributed by atoms with Crippen LogP contribution < -0.4 is 10.1 Å². The van der Waals surface area contributed by atoms with Crippen molar-refractivity contribution < 1.29 is 28.2 Å². The zero-order valence-corrected chi connectivity index (χ0v) is 17.3. The predicted octanol–water partition coefficient (Wildman–Crippen LogP) is 3.84. The first-order valence-electron chi connectivity index (χ1n) is 9.63. The van der Waals surface area contributed by atoms with Gasteiger partial charge in [0.25, 0.3) is 6.43 Å². The van der Waals surface area contributed by atoms with Crippen LogP contribution in [0.25, 0.3) is 0 Å². The highest BCUT2D eigenvalue weighted by molar-refractivity contribution is 6.04. The minimum atomic E-state index is -2.63. The van der Waals surface area contributed by atoms with Crippen LogP contribution in [0.15, 0.2) is 53.6 Å². The number of rotatable bonds is 7. The van der Waals surface area contributed by atoms with Gasteiger partial charge in [0.1, 0.15) is 11.7 Å². The molecular formula is C22H23F2N3O4. The molecule has 7 nitrogen and oxygen atoms in total. The Bertz CT molecular complexity index is 995. The molecule has 2 unspecified atom stereocenters. The molecule has 0 saturated heterocycles. The zero-order valence-electron chi connectivity index (χ0n) is 17.3. The summed E-state index contributed by atoms with van der Waals surface area (Å²) in [6.45, 7) is 3.48. The SMILES string of the molecule is CC1=NN(C)C(Oc2cccc(C(F)F)c2)C1C(=O)N[C@@H](C)c1ccc(C(=O)O)cc1. The van der Waals surface area contributed by atoms with Crippen molar-refractivity contribution in [3.05, 3.63) is 65.2 Å². The normalized spacial score (nSPS) is 19.2. The number of nitrogens with one attached hydrogen (secondary N) is 1. The van der Waals surface area contributed by atoms with E-state index in [0.717, 1.165) is 5.56 Å². The number of carbonyl (C=O) groups excluding carboxylic acids is 1. The molecule has 1 aliphatic rings. The minimum Gasteiger partial charge on any atom is -0.478 e. The van der Waals surface area contributed by atoms with E-state index in [9.17, 15) is 18.4 Å². The number of hydrazone groups is 1. The van der Waals surface area contributed by atoms with E-state index in [1.165, 1.54) is 35.3 Å². The fourth-order valence-electron chi connectivity index (χ4n) is 3.42. The molecule has 9 heteroatoms. The van der Waals surface area contributed by atoms with E-state index in [0.29, 0.717) is 5.71 Å². The third-order valence-electron chi connectivity index (χ3n) is 5.08. The van der Waals surface area contributed by atoms with Crippen LogP contribution in [0.4, 0.5) is 8.78 Å². The second kappa shape index (κ2) is 9.11. The molecule has 2 N–H and O–H groups in total. The molecule has 2 aromatic carbocycles. The molecule has 0 bridgehead atoms. The highest BCUT2D eigenvalue weighted by atomic mass is 19.3. The van der Waals surface area contributed by atoms with Gasteiger partial charge in [-0.2, -0.15) is 5.10 Å². The van der Waals surface area contributed by atoms with Gasteiger partial charge in [-0.05, 0) is 43.7 Å². The maximum absolute atomic E-state index is 13.0. The van der Waals surface area contributed by atoms with Crippen LogP contribution in [0, 0.1) is 5.92 Å². The van der Waals surface area contributed by atoms with E-state index in [-0.39, 0.29) is 22.8 Å². The highest BCUT2D eigenvalue weighted by Crippen LogP contribution is 2.28. The molecule has 1 aliphatic heterocycles. The zero-order chi connectivity index (χ0) is 22.7. The number of amides is 1. The van der Waals surface area contributed by atoms with Gasteiger partial charge in [-0.1, -0.05) is 24.3 Å². The van der Waals surface area contributed by atoms with Crippen molar-refractivity contribution in [2.75, 3.05) is 7.05 Å². The maximum atomic E-state index is 13.0. The third-order valence-corrected chi connectivity index (χ3v) is 5.08. The smallest absolute Gasteiger partial charge is 0.335 e. The summed E-state index contributed by atoms with van der Waals surface area (Å²) in [5.74, 6) is -1.90. The molecule has 0 radical (unpaired) electrons. The Morgan fingerprint density at radius 2 is 1.84 bits per heavy atom. The maximum Gasteiger partial charge on any atom is 0.335 e. The number of nitrogens with zero attached hydrogens (tertiary/aromatic N) is 2. The molecule has 0 saturated carbocycles. The van der Waals surface area contributed by atoms with Gasteiger partial charge in [-0.15, -0.1) is 0 Å². The van der Waals surface area contributed by atoms with Crippen LogP contribution >= 0.6 is 0 Å². The fourth-order valence-corrected chi connectivity index (χ4v) is 3.42. The summed E-state index contributed by atoms with van der Waals surface area (Å²) in [5.41, 5.74) is 1.25. The van der Waals surface area contributed by atoms with E-state index < -0.39 is 30.6 Å². The number of benzene rings is 2. The summed E-state index contributed by atoms with van der Waals surface area (Å²) in [4.78, 5) is 24.0. The second-order valence-corrected chi connectivity index (χ2v) is 7.33. The van der Waals surface area contributed by atoms with Crippen LogP contribution in [0.3, 0.4) is 0 Å². The molecule has 0 aromatic heterocycles. The molecule has 0 spiro atoms. The lowest BCUT2D eigenvalue weighted by Gasteiger charge is -2.26. The van der Waals surface area contributed by atoms with Crippen LogP contribution in [-0.4, -0.2) is 41.0 Å². The van der Waals surface area contributed by atoms with Gasteiger partial charge in [-0.25, -0.2) is 13.6 Å². The largest absolute Gasteiger partial charge is 0.478 e. The first-order chi connectivity index (χ1) is 14.7. The highest BCUT2D eigenvalue weighted by Gasteiger charge is 2.41. The molecule has 0 fully saturated rings. The van der Waals surface area contributed by atoms with Crippen molar-refractivity contribution in [2.24, 2.45) is 11.0 Å². The first kappa shape index (κ1) is 22.2. The van der Waals surface area contributed by atoms with Crippen LogP contribution in [0.5, 0.6) is 5.75 Å². The number of halogens is 2. The number of carboxylic acids is 1. The molecule has 3 rings (SSSR count). The minimum absolute atomic E-state index is 0.155. The van der Waals surface area contributed by atoms with Crippen molar-refractivity contribution in [3.8, 4) is 5.75 Å². The van der Waals surface area contributed by atoms with E-state index in [1.54, 1.807) is 39.1 Å². The summed E-state index contributed by atoms with van der Waals surface area (Å²) in [5, 5.41) is 17.7. The molecule has 31 heavy (non-hydrogen) atoms. The van der Waals surface area contributed by atoms with E-state index in [2.05, 4.69) is 10.4 Å². The molecule has 1 amide bonds. The summed E-state index contributed by atoms with van der Waals surface area (Å²) >= 11 is 0. The lowest BCUT2D eigenvalue weighted by Crippen LogP contribution is -2.45. The van der Waals surface area contributed by atoms with Gasteiger partial charge in [0.05, 0.1) is 17.3 Å². The van der Waals surface area contributed by atoms with E-state index >= 15 is 0 Å². The lowest BCUT2D eigenvalue weighted by atomic mass is 10.0. The Morgan fingerprint density at radius 1 is 1.16 bits per heavy atom. The quantitative estimate of drug-likeness (QED) is 0.695. The second-order valence-electron chi connectivity index (χ2n) is 7.33. The van der Waals surface area contributed by atoms with Gasteiger partial charge in [-0.3, -0.25) is 9.80 Å². The van der Waals surface area contributed by atoms with Crippen molar-refractivity contribution in [3.63, 3.8) is 0 Å². The Kier molecular flexibility index (Phi) is 6.53. The number of ether oxygens (including phenoxy) is 1. The van der Waals surface area contributed by atoms with Crippen molar-refractivity contribution in [1.82, 2.24) is 10.3 Å². The molecule has 0 aliphatic carbocycles. The van der Waals surface area contributed by atoms with Crippen LogP contribution in [0.2, 0.25) is 0 Å². The summed E-state index contributed by atoms with van der Waals surface area (Å²) in [6, 6.07) is 11.4.